The molecule has 0 aliphatic heterocycles. The highest BCUT2D eigenvalue weighted by atomic mass is 19.1. The first-order valence-corrected chi connectivity index (χ1v) is 6.20. The number of carbonyl (C=O) groups is 2. The Balaban J connectivity index is 2.34. The second kappa shape index (κ2) is 7.51. The van der Waals surface area contributed by atoms with Crippen LogP contribution in [0.4, 0.5) is 4.39 Å². The van der Waals surface area contributed by atoms with E-state index in [4.69, 9.17) is 5.11 Å². The molecular weight excluding hydrogens is 249 g/mol. The van der Waals surface area contributed by atoms with Crippen LogP contribution in [0.3, 0.4) is 0 Å². The van der Waals surface area contributed by atoms with Crippen molar-refractivity contribution in [3.05, 3.63) is 35.6 Å². The van der Waals surface area contributed by atoms with Gasteiger partial charge in [-0.1, -0.05) is 18.2 Å². The second-order valence-electron chi connectivity index (χ2n) is 4.40. The van der Waals surface area contributed by atoms with Crippen LogP contribution in [0, 0.1) is 5.82 Å². The summed E-state index contributed by atoms with van der Waals surface area (Å²) in [6.45, 7) is 0.423. The van der Waals surface area contributed by atoms with E-state index in [1.54, 1.807) is 25.2 Å². The monoisotopic (exact) mass is 267 g/mol. The lowest BCUT2D eigenvalue weighted by molar-refractivity contribution is -0.137. The van der Waals surface area contributed by atoms with E-state index < -0.39 is 5.97 Å². The van der Waals surface area contributed by atoms with Gasteiger partial charge in [0.1, 0.15) is 5.82 Å². The minimum Gasteiger partial charge on any atom is -0.481 e. The Kier molecular flexibility index (Phi) is 5.99. The van der Waals surface area contributed by atoms with Crippen molar-refractivity contribution in [3.8, 4) is 0 Å². The maximum absolute atomic E-state index is 13.4. The molecule has 1 N–H and O–H groups in total. The van der Waals surface area contributed by atoms with Gasteiger partial charge < -0.3 is 10.0 Å². The maximum atomic E-state index is 13.4. The van der Waals surface area contributed by atoms with Crippen LogP contribution in [0.2, 0.25) is 0 Å². The van der Waals surface area contributed by atoms with E-state index >= 15 is 0 Å². The summed E-state index contributed by atoms with van der Waals surface area (Å²) in [6.07, 6.45) is 0.985. The summed E-state index contributed by atoms with van der Waals surface area (Å²) in [5.41, 5.74) is 0.577. The van der Waals surface area contributed by atoms with Gasteiger partial charge in [0, 0.05) is 26.4 Å². The molecule has 0 aromatic heterocycles. The number of aliphatic carboxylic acids is 1. The molecule has 0 bridgehead atoms. The first-order chi connectivity index (χ1) is 9.00. The highest BCUT2D eigenvalue weighted by Gasteiger charge is 2.10. The predicted molar refractivity (Wildman–Crippen MR) is 69.2 cm³/mol. The lowest BCUT2D eigenvalue weighted by Crippen LogP contribution is -2.28. The number of hydrogen-bond donors (Lipinski definition) is 1. The lowest BCUT2D eigenvalue weighted by Gasteiger charge is -2.17. The first kappa shape index (κ1) is 15.1. The van der Waals surface area contributed by atoms with E-state index in [-0.39, 0.29) is 24.6 Å². The summed E-state index contributed by atoms with van der Waals surface area (Å²) in [7, 11) is 1.64. The van der Waals surface area contributed by atoms with Crippen LogP contribution in [0.25, 0.3) is 0 Å². The normalized spacial score (nSPS) is 10.2. The van der Waals surface area contributed by atoms with Crippen molar-refractivity contribution in [2.45, 2.75) is 25.7 Å². The molecule has 0 spiro atoms. The minimum absolute atomic E-state index is 0.00705. The highest BCUT2D eigenvalue weighted by molar-refractivity contribution is 5.76. The fourth-order valence-electron chi connectivity index (χ4n) is 1.70. The number of rotatable bonds is 7. The molecule has 0 aliphatic rings. The predicted octanol–water partition coefficient (Wildman–Crippen LogP) is 2.08. The zero-order valence-corrected chi connectivity index (χ0v) is 10.9. The van der Waals surface area contributed by atoms with Gasteiger partial charge in [-0.15, -0.1) is 0 Å². The molecule has 0 atom stereocenters. The van der Waals surface area contributed by atoms with Gasteiger partial charge in [0.05, 0.1) is 0 Å². The van der Waals surface area contributed by atoms with E-state index in [0.717, 1.165) is 0 Å². The zero-order valence-electron chi connectivity index (χ0n) is 10.9. The zero-order chi connectivity index (χ0) is 14.3. The van der Waals surface area contributed by atoms with Gasteiger partial charge in [0.25, 0.3) is 0 Å². The molecule has 0 heterocycles. The topological polar surface area (TPSA) is 57.6 Å². The van der Waals surface area contributed by atoms with Gasteiger partial charge in [0.15, 0.2) is 0 Å². The van der Waals surface area contributed by atoms with Crippen molar-refractivity contribution >= 4 is 11.9 Å². The number of hydrogen-bond acceptors (Lipinski definition) is 2. The third kappa shape index (κ3) is 5.50. The second-order valence-corrected chi connectivity index (χ2v) is 4.40. The average Bonchev–Trinajstić information content (AvgIpc) is 2.36. The van der Waals surface area contributed by atoms with Crippen molar-refractivity contribution in [1.29, 1.82) is 0 Å². The number of carboxylic acids is 1. The van der Waals surface area contributed by atoms with Crippen molar-refractivity contribution in [2.75, 3.05) is 13.6 Å². The Morgan fingerprint density at radius 2 is 1.95 bits per heavy atom. The first-order valence-electron chi connectivity index (χ1n) is 6.20. The summed E-state index contributed by atoms with van der Waals surface area (Å²) in [4.78, 5) is 23.5. The number of likely N-dealkylation sites (N-methyl/N-ethyl adjacent to an activating group) is 1. The Bertz CT molecular complexity index is 448. The molecule has 104 valence electrons. The fourth-order valence-corrected chi connectivity index (χ4v) is 1.70. The quantitative estimate of drug-likeness (QED) is 0.823. The van der Waals surface area contributed by atoms with E-state index in [1.165, 1.54) is 11.0 Å². The Morgan fingerprint density at radius 1 is 1.26 bits per heavy atom. The fraction of sp³-hybridized carbons (Fsp3) is 0.429. The molecule has 1 amide bonds. The Morgan fingerprint density at radius 3 is 2.58 bits per heavy atom. The molecule has 19 heavy (non-hydrogen) atoms. The molecule has 0 aliphatic carbocycles. The van der Waals surface area contributed by atoms with Gasteiger partial charge in [-0.2, -0.15) is 0 Å². The number of carboxylic acid groups (broad SMARTS) is 1. The van der Waals surface area contributed by atoms with Gasteiger partial charge in [-0.3, -0.25) is 9.59 Å². The number of carbonyl (C=O) groups excluding carboxylic acids is 1. The average molecular weight is 267 g/mol. The Hall–Kier alpha value is -1.91. The number of halogens is 1. The van der Waals surface area contributed by atoms with Crippen molar-refractivity contribution in [3.63, 3.8) is 0 Å². The van der Waals surface area contributed by atoms with E-state index in [2.05, 4.69) is 0 Å². The van der Waals surface area contributed by atoms with Crippen molar-refractivity contribution < 1.29 is 19.1 Å². The van der Waals surface area contributed by atoms with Crippen LogP contribution < -0.4 is 0 Å². The van der Waals surface area contributed by atoms with Gasteiger partial charge >= 0.3 is 5.97 Å². The minimum atomic E-state index is -0.901. The summed E-state index contributed by atoms with van der Waals surface area (Å²) >= 11 is 0. The maximum Gasteiger partial charge on any atom is 0.303 e. The van der Waals surface area contributed by atoms with Crippen molar-refractivity contribution in [1.82, 2.24) is 4.90 Å². The lowest BCUT2D eigenvalue weighted by atomic mass is 10.1. The molecule has 0 fully saturated rings. The molecule has 1 aromatic rings. The van der Waals surface area contributed by atoms with E-state index in [0.29, 0.717) is 24.9 Å². The molecule has 0 unspecified atom stereocenters. The highest BCUT2D eigenvalue weighted by Crippen LogP contribution is 2.08. The van der Waals surface area contributed by atoms with Gasteiger partial charge in [-0.25, -0.2) is 4.39 Å². The number of benzene rings is 1. The van der Waals surface area contributed by atoms with Gasteiger partial charge in [0.2, 0.25) is 5.91 Å². The van der Waals surface area contributed by atoms with Gasteiger partial charge in [-0.05, 0) is 24.5 Å². The van der Waals surface area contributed by atoms with Crippen LogP contribution in [-0.4, -0.2) is 35.5 Å². The third-order valence-electron chi connectivity index (χ3n) is 2.88. The SMILES string of the molecule is CN(CCc1ccccc1F)C(=O)CCCC(=O)O. The molecule has 0 saturated heterocycles. The molecule has 0 saturated carbocycles. The smallest absolute Gasteiger partial charge is 0.303 e. The Labute approximate surface area is 111 Å². The number of amides is 1. The van der Waals surface area contributed by atoms with Crippen LogP contribution in [-0.2, 0) is 16.0 Å². The summed E-state index contributed by atoms with van der Waals surface area (Å²) in [5.74, 6) is -1.28. The van der Waals surface area contributed by atoms with E-state index in [9.17, 15) is 14.0 Å². The molecule has 1 rings (SSSR count). The largest absolute Gasteiger partial charge is 0.481 e. The van der Waals surface area contributed by atoms with Crippen molar-refractivity contribution in [2.24, 2.45) is 0 Å². The summed E-state index contributed by atoms with van der Waals surface area (Å²) < 4.78 is 13.4. The van der Waals surface area contributed by atoms with Crippen LogP contribution in [0.1, 0.15) is 24.8 Å². The summed E-state index contributed by atoms with van der Waals surface area (Å²) in [6, 6.07) is 6.47. The van der Waals surface area contributed by atoms with Crippen LogP contribution in [0.15, 0.2) is 24.3 Å². The molecule has 4 nitrogen and oxygen atoms in total. The summed E-state index contributed by atoms with van der Waals surface area (Å²) in [5, 5.41) is 8.48. The third-order valence-corrected chi connectivity index (χ3v) is 2.88. The van der Waals surface area contributed by atoms with E-state index in [1.807, 2.05) is 0 Å². The molecule has 5 heteroatoms. The van der Waals surface area contributed by atoms with Crippen LogP contribution in [0.5, 0.6) is 0 Å². The van der Waals surface area contributed by atoms with Crippen LogP contribution >= 0.6 is 0 Å². The molecular formula is C14H18FNO3. The standard InChI is InChI=1S/C14H18FNO3/c1-16(13(17)7-4-8-14(18)19)10-9-11-5-2-3-6-12(11)15/h2-3,5-6H,4,7-10H2,1H3,(H,18,19). The number of nitrogens with zero attached hydrogens (tertiary/aromatic N) is 1. The molecule has 0 radical (unpaired) electrons. The molecule has 1 aromatic carbocycles.